The molecule has 0 unspecified atom stereocenters. The average Bonchev–Trinajstić information content (AvgIpc) is 2.52. The Balaban J connectivity index is 1.91. The van der Waals surface area contributed by atoms with Crippen molar-refractivity contribution in [1.29, 1.82) is 0 Å². The van der Waals surface area contributed by atoms with E-state index in [0.717, 1.165) is 6.54 Å². The van der Waals surface area contributed by atoms with E-state index in [1.54, 1.807) is 0 Å². The molecule has 2 rings (SSSR count). The molecule has 0 atom stereocenters. The minimum absolute atomic E-state index is 0.229. The van der Waals surface area contributed by atoms with Crippen LogP contribution in [0.25, 0.3) is 0 Å². The highest BCUT2D eigenvalue weighted by Gasteiger charge is 2.34. The van der Waals surface area contributed by atoms with Crippen molar-refractivity contribution in [2.75, 3.05) is 26.2 Å². The fraction of sp³-hybridized carbons (Fsp3) is 1.00. The van der Waals surface area contributed by atoms with Crippen molar-refractivity contribution in [3.8, 4) is 0 Å². The Morgan fingerprint density at radius 3 is 2.28 bits per heavy atom. The monoisotopic (exact) mass is 253 g/mol. The zero-order chi connectivity index (χ0) is 13.1. The van der Waals surface area contributed by atoms with Gasteiger partial charge < -0.3 is 10.0 Å². The summed E-state index contributed by atoms with van der Waals surface area (Å²) in [5, 5.41) is 9.82. The maximum absolute atomic E-state index is 9.82. The first-order valence-corrected chi connectivity index (χ1v) is 7.89. The lowest BCUT2D eigenvalue weighted by atomic mass is 9.74. The van der Waals surface area contributed by atoms with Gasteiger partial charge in [-0.2, -0.15) is 0 Å². The van der Waals surface area contributed by atoms with Gasteiger partial charge in [0.25, 0.3) is 0 Å². The first kappa shape index (κ1) is 14.3. The molecule has 2 fully saturated rings. The first-order valence-electron chi connectivity index (χ1n) is 7.89. The largest absolute Gasteiger partial charge is 0.396 e. The number of rotatable bonds is 3. The second-order valence-corrected chi connectivity index (χ2v) is 7.51. The Labute approximate surface area is 113 Å². The molecule has 0 aromatic rings. The van der Waals surface area contributed by atoms with E-state index in [1.165, 1.54) is 64.5 Å². The molecule has 1 aliphatic heterocycles. The summed E-state index contributed by atoms with van der Waals surface area (Å²) in [4.78, 5) is 2.64. The Kier molecular flexibility index (Phi) is 4.71. The summed E-state index contributed by atoms with van der Waals surface area (Å²) in [6.45, 7) is 8.81. The Morgan fingerprint density at radius 2 is 1.61 bits per heavy atom. The van der Waals surface area contributed by atoms with Gasteiger partial charge in [-0.15, -0.1) is 0 Å². The fourth-order valence-electron chi connectivity index (χ4n) is 3.78. The molecule has 1 aliphatic carbocycles. The molecule has 106 valence electrons. The van der Waals surface area contributed by atoms with Crippen molar-refractivity contribution in [2.24, 2.45) is 10.8 Å². The van der Waals surface area contributed by atoms with Gasteiger partial charge in [0, 0.05) is 18.6 Å². The molecule has 0 aromatic carbocycles. The van der Waals surface area contributed by atoms with Gasteiger partial charge in [0.2, 0.25) is 0 Å². The van der Waals surface area contributed by atoms with E-state index in [2.05, 4.69) is 18.7 Å². The lowest BCUT2D eigenvalue weighted by Crippen LogP contribution is -2.42. The molecule has 0 aromatic heterocycles. The smallest absolute Gasteiger partial charge is 0.0499 e. The maximum Gasteiger partial charge on any atom is 0.0499 e. The predicted molar refractivity (Wildman–Crippen MR) is 76.7 cm³/mol. The van der Waals surface area contributed by atoms with Crippen LogP contribution in [-0.4, -0.2) is 36.2 Å². The first-order chi connectivity index (χ1) is 8.55. The molecule has 0 radical (unpaired) electrons. The van der Waals surface area contributed by atoms with Crippen LogP contribution in [0.3, 0.4) is 0 Å². The molecule has 0 spiro atoms. The molecule has 1 saturated heterocycles. The van der Waals surface area contributed by atoms with Crippen LogP contribution >= 0.6 is 0 Å². The zero-order valence-electron chi connectivity index (χ0n) is 12.4. The van der Waals surface area contributed by atoms with Gasteiger partial charge in [0.1, 0.15) is 0 Å². The molecule has 0 bridgehead atoms. The molecule has 0 amide bonds. The van der Waals surface area contributed by atoms with E-state index >= 15 is 0 Å². The van der Waals surface area contributed by atoms with Gasteiger partial charge >= 0.3 is 0 Å². The summed E-state index contributed by atoms with van der Waals surface area (Å²) < 4.78 is 0. The third-order valence-electron chi connectivity index (χ3n) is 5.24. The summed E-state index contributed by atoms with van der Waals surface area (Å²) >= 11 is 0. The number of aliphatic hydroxyl groups is 1. The summed E-state index contributed by atoms with van der Waals surface area (Å²) in [5.41, 5.74) is 0.750. The molecular weight excluding hydrogens is 222 g/mol. The summed E-state index contributed by atoms with van der Waals surface area (Å²) in [7, 11) is 0. The standard InChI is InChI=1S/C16H31NO/c1-15(2)7-6-11-17(12-10-15)13-16(14-18)8-4-3-5-9-16/h18H,3-14H2,1-2H3. The van der Waals surface area contributed by atoms with Crippen molar-refractivity contribution in [2.45, 2.75) is 65.2 Å². The molecule has 1 N–H and O–H groups in total. The highest BCUT2D eigenvalue weighted by atomic mass is 16.3. The molecule has 2 heteroatoms. The third-order valence-corrected chi connectivity index (χ3v) is 5.24. The zero-order valence-corrected chi connectivity index (χ0v) is 12.4. The van der Waals surface area contributed by atoms with Crippen molar-refractivity contribution in [3.05, 3.63) is 0 Å². The number of nitrogens with zero attached hydrogens (tertiary/aromatic N) is 1. The lowest BCUT2D eigenvalue weighted by molar-refractivity contribution is 0.0406. The van der Waals surface area contributed by atoms with Gasteiger partial charge in [-0.3, -0.25) is 0 Å². The van der Waals surface area contributed by atoms with Crippen LogP contribution < -0.4 is 0 Å². The van der Waals surface area contributed by atoms with Crippen molar-refractivity contribution in [3.63, 3.8) is 0 Å². The van der Waals surface area contributed by atoms with Crippen molar-refractivity contribution < 1.29 is 5.11 Å². The third kappa shape index (κ3) is 3.71. The highest BCUT2D eigenvalue weighted by molar-refractivity contribution is 4.87. The van der Waals surface area contributed by atoms with Crippen LogP contribution in [0.2, 0.25) is 0 Å². The van der Waals surface area contributed by atoms with Crippen LogP contribution in [0, 0.1) is 10.8 Å². The van der Waals surface area contributed by atoms with Crippen LogP contribution in [-0.2, 0) is 0 Å². The van der Waals surface area contributed by atoms with Crippen molar-refractivity contribution in [1.82, 2.24) is 4.90 Å². The predicted octanol–water partition coefficient (Wildman–Crippen LogP) is 3.44. The lowest BCUT2D eigenvalue weighted by Gasteiger charge is -2.39. The Hall–Kier alpha value is -0.0800. The molecule has 18 heavy (non-hydrogen) atoms. The van der Waals surface area contributed by atoms with E-state index in [-0.39, 0.29) is 5.41 Å². The van der Waals surface area contributed by atoms with Crippen LogP contribution in [0.15, 0.2) is 0 Å². The number of likely N-dealkylation sites (tertiary alicyclic amines) is 1. The molecule has 2 nitrogen and oxygen atoms in total. The normalized spacial score (nSPS) is 28.8. The van der Waals surface area contributed by atoms with Gasteiger partial charge in [-0.25, -0.2) is 0 Å². The summed E-state index contributed by atoms with van der Waals surface area (Å²) in [6, 6.07) is 0. The minimum Gasteiger partial charge on any atom is -0.396 e. The van der Waals surface area contributed by atoms with Crippen LogP contribution in [0.5, 0.6) is 0 Å². The second-order valence-electron chi connectivity index (χ2n) is 7.51. The van der Waals surface area contributed by atoms with Gasteiger partial charge in [0.15, 0.2) is 0 Å². The quantitative estimate of drug-likeness (QED) is 0.833. The van der Waals surface area contributed by atoms with Crippen LogP contribution in [0.4, 0.5) is 0 Å². The number of hydrogen-bond donors (Lipinski definition) is 1. The fourth-order valence-corrected chi connectivity index (χ4v) is 3.78. The van der Waals surface area contributed by atoms with Gasteiger partial charge in [0.05, 0.1) is 0 Å². The number of aliphatic hydroxyl groups excluding tert-OH is 1. The van der Waals surface area contributed by atoms with E-state index in [0.29, 0.717) is 12.0 Å². The molecule has 1 saturated carbocycles. The second kappa shape index (κ2) is 5.92. The number of hydrogen-bond acceptors (Lipinski definition) is 2. The SMILES string of the molecule is CC1(C)CCCN(CC2(CO)CCCCC2)CC1. The van der Waals surface area contributed by atoms with Gasteiger partial charge in [-0.05, 0) is 50.6 Å². The van der Waals surface area contributed by atoms with E-state index < -0.39 is 0 Å². The summed E-state index contributed by atoms with van der Waals surface area (Å²) in [5.74, 6) is 0. The maximum atomic E-state index is 9.82. The van der Waals surface area contributed by atoms with Crippen molar-refractivity contribution >= 4 is 0 Å². The molecular formula is C16H31NO. The molecule has 2 aliphatic rings. The summed E-state index contributed by atoms with van der Waals surface area (Å²) in [6.07, 6.45) is 10.5. The average molecular weight is 253 g/mol. The molecule has 1 heterocycles. The Morgan fingerprint density at radius 1 is 0.889 bits per heavy atom. The minimum atomic E-state index is 0.229. The van der Waals surface area contributed by atoms with Crippen LogP contribution in [0.1, 0.15) is 65.2 Å². The highest BCUT2D eigenvalue weighted by Crippen LogP contribution is 2.38. The van der Waals surface area contributed by atoms with Gasteiger partial charge in [-0.1, -0.05) is 33.1 Å². The van der Waals surface area contributed by atoms with E-state index in [9.17, 15) is 5.11 Å². The van der Waals surface area contributed by atoms with E-state index in [1.807, 2.05) is 0 Å². The Bertz CT molecular complexity index is 256. The van der Waals surface area contributed by atoms with E-state index in [4.69, 9.17) is 0 Å². The topological polar surface area (TPSA) is 23.5 Å².